The maximum absolute atomic E-state index is 11.8. The lowest BCUT2D eigenvalue weighted by Gasteiger charge is -2.19. The van der Waals surface area contributed by atoms with Gasteiger partial charge < -0.3 is 17.2 Å². The van der Waals surface area contributed by atoms with Crippen molar-refractivity contribution in [2.45, 2.75) is 32.4 Å². The van der Waals surface area contributed by atoms with E-state index < -0.39 is 11.4 Å². The molecule has 1 aliphatic rings. The van der Waals surface area contributed by atoms with Gasteiger partial charge in [-0.3, -0.25) is 14.8 Å². The van der Waals surface area contributed by atoms with Gasteiger partial charge in [0, 0.05) is 0 Å². The summed E-state index contributed by atoms with van der Waals surface area (Å²) in [7, 11) is 0. The molecule has 1 aliphatic heterocycles. The van der Waals surface area contributed by atoms with E-state index in [4.69, 9.17) is 17.2 Å². The van der Waals surface area contributed by atoms with E-state index in [2.05, 4.69) is 15.0 Å². The van der Waals surface area contributed by atoms with Gasteiger partial charge in [-0.05, 0) is 20.8 Å². The highest BCUT2D eigenvalue weighted by atomic mass is 16.1. The first kappa shape index (κ1) is 13.9. The Bertz CT molecular complexity index is 468. The monoisotopic (exact) mass is 250 g/mol. The average Bonchev–Trinajstić information content (AvgIpc) is 2.19. The highest BCUT2D eigenvalue weighted by Crippen LogP contribution is 2.14. The summed E-state index contributed by atoms with van der Waals surface area (Å²) in [6, 6.07) is -0.202. The van der Waals surface area contributed by atoms with Crippen molar-refractivity contribution in [3.05, 3.63) is 12.2 Å². The molecule has 1 unspecified atom stereocenters. The van der Waals surface area contributed by atoms with Crippen molar-refractivity contribution < 1.29 is 4.79 Å². The second-order valence-corrected chi connectivity index (χ2v) is 4.57. The third-order valence-electron chi connectivity index (χ3n) is 2.20. The third-order valence-corrected chi connectivity index (χ3v) is 2.20. The molecule has 1 heterocycles. The van der Waals surface area contributed by atoms with Crippen molar-refractivity contribution in [2.24, 2.45) is 32.2 Å². The van der Waals surface area contributed by atoms with Crippen LogP contribution in [0.15, 0.2) is 27.1 Å². The predicted molar refractivity (Wildman–Crippen MR) is 72.6 cm³/mol. The molecule has 18 heavy (non-hydrogen) atoms. The number of amidine groups is 1. The summed E-state index contributed by atoms with van der Waals surface area (Å²) in [5.41, 5.74) is 15.6. The predicted octanol–water partition coefficient (Wildman–Crippen LogP) is -0.678. The molecule has 7 nitrogen and oxygen atoms in total. The molecule has 0 spiro atoms. The molecule has 7 heteroatoms. The maximum Gasteiger partial charge on any atom is 0.302 e. The minimum Gasteiger partial charge on any atom is -0.382 e. The first-order valence-corrected chi connectivity index (χ1v) is 5.48. The largest absolute Gasteiger partial charge is 0.382 e. The van der Waals surface area contributed by atoms with Crippen LogP contribution in [-0.2, 0) is 4.79 Å². The number of hydrogen-bond donors (Lipinski definition) is 3. The first-order valence-electron chi connectivity index (χ1n) is 5.48. The van der Waals surface area contributed by atoms with Gasteiger partial charge in [0.15, 0.2) is 17.5 Å². The molecule has 6 N–H and O–H groups in total. The van der Waals surface area contributed by atoms with E-state index in [-0.39, 0.29) is 23.5 Å². The lowest BCUT2D eigenvalue weighted by molar-refractivity contribution is -0.111. The second-order valence-electron chi connectivity index (χ2n) is 4.57. The Balaban J connectivity index is 3.24. The Morgan fingerprint density at radius 3 is 2.61 bits per heavy atom. The fourth-order valence-electron chi connectivity index (χ4n) is 1.42. The second kappa shape index (κ2) is 4.99. The van der Waals surface area contributed by atoms with Gasteiger partial charge in [-0.15, -0.1) is 0 Å². The molecule has 98 valence electrons. The lowest BCUT2D eigenvalue weighted by Crippen LogP contribution is -2.37. The van der Waals surface area contributed by atoms with E-state index in [9.17, 15) is 4.79 Å². The van der Waals surface area contributed by atoms with Gasteiger partial charge in [0.05, 0.1) is 11.6 Å². The van der Waals surface area contributed by atoms with Crippen LogP contribution in [-0.4, -0.2) is 35.0 Å². The highest BCUT2D eigenvalue weighted by Gasteiger charge is 2.22. The molecular weight excluding hydrogens is 232 g/mol. The number of nitrogens with two attached hydrogens (primary N) is 3. The van der Waals surface area contributed by atoms with Crippen molar-refractivity contribution in [2.75, 3.05) is 0 Å². The molecule has 0 aliphatic carbocycles. The fraction of sp³-hybridized carbons (Fsp3) is 0.455. The zero-order chi connectivity index (χ0) is 13.9. The molecule has 1 amide bonds. The molecule has 1 rings (SSSR count). The van der Waals surface area contributed by atoms with Gasteiger partial charge in [-0.2, -0.15) is 4.99 Å². The van der Waals surface area contributed by atoms with Crippen LogP contribution in [0.3, 0.4) is 0 Å². The Hall–Kier alpha value is -2.18. The van der Waals surface area contributed by atoms with E-state index in [1.165, 1.54) is 0 Å². The van der Waals surface area contributed by atoms with Gasteiger partial charge in [0.25, 0.3) is 0 Å². The van der Waals surface area contributed by atoms with Gasteiger partial charge in [-0.25, -0.2) is 0 Å². The van der Waals surface area contributed by atoms with E-state index in [1.807, 2.05) is 32.9 Å². The number of rotatable bonds is 1. The van der Waals surface area contributed by atoms with Crippen LogP contribution in [0.25, 0.3) is 0 Å². The number of amides is 1. The van der Waals surface area contributed by atoms with E-state index in [0.717, 1.165) is 0 Å². The summed E-state index contributed by atoms with van der Waals surface area (Å²) in [6.45, 7) is 5.57. The molecule has 0 aromatic carbocycles. The standard InChI is InChI=1S/C11H18N6O/c1-6-4-5-11(2,3)17-8(12)7(15-6)9(18)16-10(13)14/h4-6H,1-3H3,(H2,12,17)(H4,13,14,16,18)/b5-4-,15-7?. The molecular formula is C11H18N6O. The Kier molecular flexibility index (Phi) is 3.85. The minimum absolute atomic E-state index is 0.0201. The maximum atomic E-state index is 11.8. The molecule has 0 fully saturated rings. The van der Waals surface area contributed by atoms with Crippen LogP contribution in [0.2, 0.25) is 0 Å². The third kappa shape index (κ3) is 3.69. The molecule has 1 atom stereocenters. The van der Waals surface area contributed by atoms with Crippen LogP contribution in [0.4, 0.5) is 0 Å². The van der Waals surface area contributed by atoms with Crippen LogP contribution in [0, 0.1) is 0 Å². The zero-order valence-corrected chi connectivity index (χ0v) is 10.7. The molecule has 0 aromatic rings. The van der Waals surface area contributed by atoms with E-state index in [0.29, 0.717) is 0 Å². The van der Waals surface area contributed by atoms with Crippen LogP contribution >= 0.6 is 0 Å². The summed E-state index contributed by atoms with van der Waals surface area (Å²) < 4.78 is 0. The fourth-order valence-corrected chi connectivity index (χ4v) is 1.42. The number of aliphatic imine (C=N–C) groups is 3. The molecule has 0 radical (unpaired) electrons. The minimum atomic E-state index is -0.686. The summed E-state index contributed by atoms with van der Waals surface area (Å²) in [4.78, 5) is 23.6. The topological polar surface area (TPSA) is 132 Å². The zero-order valence-electron chi connectivity index (χ0n) is 10.7. The van der Waals surface area contributed by atoms with E-state index >= 15 is 0 Å². The van der Waals surface area contributed by atoms with Gasteiger partial charge >= 0.3 is 5.91 Å². The number of carbonyl (C=O) groups is 1. The van der Waals surface area contributed by atoms with Crippen molar-refractivity contribution in [1.29, 1.82) is 0 Å². The van der Waals surface area contributed by atoms with Crippen molar-refractivity contribution >= 4 is 23.4 Å². The summed E-state index contributed by atoms with van der Waals surface area (Å²) in [6.07, 6.45) is 3.73. The normalized spacial score (nSPS) is 24.1. The van der Waals surface area contributed by atoms with Crippen molar-refractivity contribution in [3.8, 4) is 0 Å². The van der Waals surface area contributed by atoms with E-state index in [1.54, 1.807) is 0 Å². The Labute approximate surface area is 106 Å². The molecule has 0 saturated carbocycles. The molecule has 0 aromatic heterocycles. The lowest BCUT2D eigenvalue weighted by atomic mass is 10.0. The van der Waals surface area contributed by atoms with Gasteiger partial charge in [0.2, 0.25) is 0 Å². The average molecular weight is 250 g/mol. The Morgan fingerprint density at radius 2 is 2.06 bits per heavy atom. The molecule has 0 saturated heterocycles. The van der Waals surface area contributed by atoms with Crippen LogP contribution < -0.4 is 17.2 Å². The number of nitrogens with zero attached hydrogens (tertiary/aromatic N) is 3. The SMILES string of the molecule is CC1/C=C\C(C)(C)N=C(N)C(C(=O)N=C(N)N)=N1. The van der Waals surface area contributed by atoms with Crippen LogP contribution in [0.1, 0.15) is 20.8 Å². The summed E-state index contributed by atoms with van der Waals surface area (Å²) >= 11 is 0. The highest BCUT2D eigenvalue weighted by molar-refractivity contribution is 6.67. The Morgan fingerprint density at radius 1 is 1.44 bits per heavy atom. The van der Waals surface area contributed by atoms with Gasteiger partial charge in [0.1, 0.15) is 0 Å². The smallest absolute Gasteiger partial charge is 0.302 e. The summed E-state index contributed by atoms with van der Waals surface area (Å²) in [5, 5.41) is 0. The number of hydrogen-bond acceptors (Lipinski definition) is 4. The quantitative estimate of drug-likeness (QED) is 0.323. The number of carbonyl (C=O) groups excluding carboxylic acids is 1. The van der Waals surface area contributed by atoms with Crippen LogP contribution in [0.5, 0.6) is 0 Å². The van der Waals surface area contributed by atoms with Crippen molar-refractivity contribution in [3.63, 3.8) is 0 Å². The summed E-state index contributed by atoms with van der Waals surface area (Å²) in [5.74, 6) is -0.986. The number of guanidine groups is 1. The molecule has 0 bridgehead atoms. The first-order chi connectivity index (χ1) is 8.21. The van der Waals surface area contributed by atoms with Crippen molar-refractivity contribution in [1.82, 2.24) is 0 Å². The van der Waals surface area contributed by atoms with Gasteiger partial charge in [-0.1, -0.05) is 12.2 Å².